The van der Waals surface area contributed by atoms with Crippen LogP contribution in [-0.4, -0.2) is 11.1 Å². The zero-order valence-electron chi connectivity index (χ0n) is 11.7. The van der Waals surface area contributed by atoms with Gasteiger partial charge in [0, 0.05) is 0 Å². The monoisotopic (exact) mass is 282 g/mol. The molecule has 1 saturated carbocycles. The summed E-state index contributed by atoms with van der Waals surface area (Å²) in [5.41, 5.74) is -0.267. The summed E-state index contributed by atoms with van der Waals surface area (Å²) in [5, 5.41) is 9.57. The van der Waals surface area contributed by atoms with E-state index in [9.17, 15) is 18.7 Å². The molecule has 4 heteroatoms. The molecule has 2 rings (SSSR count). The predicted molar refractivity (Wildman–Crippen MR) is 72.4 cm³/mol. The lowest BCUT2D eigenvalue weighted by Crippen LogP contribution is -2.37. The van der Waals surface area contributed by atoms with Crippen LogP contribution in [-0.2, 0) is 11.2 Å². The third kappa shape index (κ3) is 3.00. The van der Waals surface area contributed by atoms with E-state index >= 15 is 0 Å². The van der Waals surface area contributed by atoms with E-state index in [2.05, 4.69) is 6.92 Å². The van der Waals surface area contributed by atoms with E-state index in [-0.39, 0.29) is 6.42 Å². The first-order valence-corrected chi connectivity index (χ1v) is 7.14. The van der Waals surface area contributed by atoms with E-state index in [1.807, 2.05) is 0 Å². The van der Waals surface area contributed by atoms with Crippen molar-refractivity contribution >= 4 is 5.97 Å². The molecule has 0 saturated heterocycles. The van der Waals surface area contributed by atoms with Gasteiger partial charge in [0.05, 0.1) is 5.41 Å². The molecular formula is C16H20F2O2. The van der Waals surface area contributed by atoms with Gasteiger partial charge in [-0.1, -0.05) is 19.4 Å². The van der Waals surface area contributed by atoms with Crippen LogP contribution in [0.4, 0.5) is 8.78 Å². The first-order chi connectivity index (χ1) is 9.47. The number of carbonyl (C=O) groups is 1. The van der Waals surface area contributed by atoms with Gasteiger partial charge in [-0.25, -0.2) is 8.78 Å². The highest BCUT2D eigenvalue weighted by Gasteiger charge is 2.41. The summed E-state index contributed by atoms with van der Waals surface area (Å²) in [6.45, 7) is 2.12. The number of carboxylic acid groups (broad SMARTS) is 1. The zero-order valence-corrected chi connectivity index (χ0v) is 11.7. The lowest BCUT2D eigenvalue weighted by Gasteiger charge is -2.36. The minimum Gasteiger partial charge on any atom is -0.481 e. The highest BCUT2D eigenvalue weighted by atomic mass is 19.2. The summed E-state index contributed by atoms with van der Waals surface area (Å²) in [5.74, 6) is -2.04. The number of halogens is 2. The first kappa shape index (κ1) is 14.9. The number of hydrogen-bond donors (Lipinski definition) is 1. The van der Waals surface area contributed by atoms with Crippen molar-refractivity contribution in [2.45, 2.75) is 45.4 Å². The average Bonchev–Trinajstić information content (AvgIpc) is 2.43. The second-order valence-corrected chi connectivity index (χ2v) is 5.86. The predicted octanol–water partition coefficient (Wildman–Crippen LogP) is 4.18. The molecular weight excluding hydrogens is 262 g/mol. The molecule has 2 nitrogen and oxygen atoms in total. The van der Waals surface area contributed by atoms with Gasteiger partial charge in [-0.2, -0.15) is 0 Å². The summed E-state index contributed by atoms with van der Waals surface area (Å²) in [7, 11) is 0. The van der Waals surface area contributed by atoms with Crippen molar-refractivity contribution in [2.24, 2.45) is 11.3 Å². The fourth-order valence-corrected chi connectivity index (χ4v) is 3.15. The van der Waals surface area contributed by atoms with E-state index in [0.717, 1.165) is 31.4 Å². The molecule has 0 radical (unpaired) electrons. The molecule has 0 heterocycles. The van der Waals surface area contributed by atoms with Crippen molar-refractivity contribution < 1.29 is 18.7 Å². The first-order valence-electron chi connectivity index (χ1n) is 7.14. The van der Waals surface area contributed by atoms with E-state index in [1.54, 1.807) is 0 Å². The van der Waals surface area contributed by atoms with Crippen LogP contribution in [0, 0.1) is 23.0 Å². The highest BCUT2D eigenvalue weighted by Crippen LogP contribution is 2.42. The Kier molecular flexibility index (Phi) is 4.41. The Labute approximate surface area is 117 Å². The van der Waals surface area contributed by atoms with Crippen molar-refractivity contribution in [2.75, 3.05) is 0 Å². The lowest BCUT2D eigenvalue weighted by molar-refractivity contribution is -0.151. The molecule has 110 valence electrons. The van der Waals surface area contributed by atoms with E-state index in [1.165, 1.54) is 6.07 Å². The molecule has 1 fully saturated rings. The fraction of sp³-hybridized carbons (Fsp3) is 0.562. The second-order valence-electron chi connectivity index (χ2n) is 5.86. The third-order valence-corrected chi connectivity index (χ3v) is 4.62. The van der Waals surface area contributed by atoms with Gasteiger partial charge in [0.1, 0.15) is 0 Å². The van der Waals surface area contributed by atoms with Crippen LogP contribution >= 0.6 is 0 Å². The molecule has 0 spiro atoms. The van der Waals surface area contributed by atoms with Crippen molar-refractivity contribution in [3.05, 3.63) is 35.4 Å². The van der Waals surface area contributed by atoms with Gasteiger partial charge < -0.3 is 5.11 Å². The molecule has 0 amide bonds. The SMILES string of the molecule is CCC1CCC(Cc2ccc(F)c(F)c2)(C(=O)O)CC1. The Morgan fingerprint density at radius 3 is 2.45 bits per heavy atom. The van der Waals surface area contributed by atoms with Crippen molar-refractivity contribution in [3.63, 3.8) is 0 Å². The topological polar surface area (TPSA) is 37.3 Å². The lowest BCUT2D eigenvalue weighted by atomic mass is 9.67. The molecule has 0 atom stereocenters. The molecule has 1 aliphatic carbocycles. The average molecular weight is 282 g/mol. The van der Waals surface area contributed by atoms with Crippen molar-refractivity contribution in [1.82, 2.24) is 0 Å². The summed E-state index contributed by atoms with van der Waals surface area (Å²) >= 11 is 0. The summed E-state index contributed by atoms with van der Waals surface area (Å²) < 4.78 is 26.2. The Balaban J connectivity index is 2.17. The Morgan fingerprint density at radius 1 is 1.30 bits per heavy atom. The van der Waals surface area contributed by atoms with Crippen LogP contribution in [0.25, 0.3) is 0 Å². The van der Waals surface area contributed by atoms with Crippen LogP contribution in [0.3, 0.4) is 0 Å². The molecule has 20 heavy (non-hydrogen) atoms. The smallest absolute Gasteiger partial charge is 0.309 e. The van der Waals surface area contributed by atoms with Gasteiger partial charge in [-0.3, -0.25) is 4.79 Å². The number of benzene rings is 1. The van der Waals surface area contributed by atoms with Crippen LogP contribution in [0.15, 0.2) is 18.2 Å². The molecule has 1 aliphatic rings. The molecule has 1 N–H and O–H groups in total. The molecule has 1 aromatic rings. The minimum absolute atomic E-state index is 0.274. The van der Waals surface area contributed by atoms with E-state index in [0.29, 0.717) is 24.3 Å². The van der Waals surface area contributed by atoms with Gasteiger partial charge in [0.25, 0.3) is 0 Å². The Morgan fingerprint density at radius 2 is 1.95 bits per heavy atom. The summed E-state index contributed by atoms with van der Waals surface area (Å²) in [6, 6.07) is 3.67. The quantitative estimate of drug-likeness (QED) is 0.899. The van der Waals surface area contributed by atoms with Crippen LogP contribution in [0.5, 0.6) is 0 Å². The van der Waals surface area contributed by atoms with Crippen LogP contribution in [0.1, 0.15) is 44.6 Å². The van der Waals surface area contributed by atoms with Crippen molar-refractivity contribution in [1.29, 1.82) is 0 Å². The van der Waals surface area contributed by atoms with Crippen LogP contribution < -0.4 is 0 Å². The third-order valence-electron chi connectivity index (χ3n) is 4.62. The molecule has 0 aliphatic heterocycles. The van der Waals surface area contributed by atoms with Gasteiger partial charge in [-0.05, 0) is 55.7 Å². The minimum atomic E-state index is -0.912. The van der Waals surface area contributed by atoms with Gasteiger partial charge in [0.15, 0.2) is 11.6 Å². The molecule has 0 unspecified atom stereocenters. The summed E-state index contributed by atoms with van der Waals surface area (Å²) in [4.78, 5) is 11.7. The molecule has 0 bridgehead atoms. The second kappa shape index (κ2) is 5.90. The maximum absolute atomic E-state index is 13.3. The van der Waals surface area contributed by atoms with Gasteiger partial charge >= 0.3 is 5.97 Å². The number of hydrogen-bond acceptors (Lipinski definition) is 1. The molecule has 0 aromatic heterocycles. The maximum atomic E-state index is 13.3. The van der Waals surface area contributed by atoms with Crippen molar-refractivity contribution in [3.8, 4) is 0 Å². The number of rotatable bonds is 4. The Bertz CT molecular complexity index is 491. The normalized spacial score (nSPS) is 26.4. The summed E-state index contributed by atoms with van der Waals surface area (Å²) in [6.07, 6.45) is 4.36. The fourth-order valence-electron chi connectivity index (χ4n) is 3.15. The number of aliphatic carboxylic acids is 1. The maximum Gasteiger partial charge on any atom is 0.309 e. The van der Waals surface area contributed by atoms with E-state index < -0.39 is 23.0 Å². The van der Waals surface area contributed by atoms with Gasteiger partial charge in [-0.15, -0.1) is 0 Å². The highest BCUT2D eigenvalue weighted by molar-refractivity contribution is 5.75. The molecule has 1 aromatic carbocycles. The van der Waals surface area contributed by atoms with E-state index in [4.69, 9.17) is 0 Å². The zero-order chi connectivity index (χ0) is 14.8. The largest absolute Gasteiger partial charge is 0.481 e. The standard InChI is InChI=1S/C16H20F2O2/c1-2-11-5-7-16(8-6-11,15(19)20)10-12-3-4-13(17)14(18)9-12/h3-4,9,11H,2,5-8,10H2,1H3,(H,19,20). The van der Waals surface area contributed by atoms with Gasteiger partial charge in [0.2, 0.25) is 0 Å². The van der Waals surface area contributed by atoms with Crippen LogP contribution in [0.2, 0.25) is 0 Å². The Hall–Kier alpha value is -1.45. The number of carboxylic acids is 1.